The molecule has 0 aliphatic carbocycles. The zero-order valence-electron chi connectivity index (χ0n) is 9.92. The predicted octanol–water partition coefficient (Wildman–Crippen LogP) is 0.0507. The van der Waals surface area contributed by atoms with Crippen molar-refractivity contribution in [3.8, 4) is 0 Å². The quantitative estimate of drug-likeness (QED) is 0.638. The van der Waals surface area contributed by atoms with Crippen LogP contribution < -0.4 is 10.6 Å². The van der Waals surface area contributed by atoms with Gasteiger partial charge in [0.2, 0.25) is 5.91 Å². The van der Waals surface area contributed by atoms with E-state index >= 15 is 0 Å². The number of nitrogens with one attached hydrogen (secondary N) is 2. The van der Waals surface area contributed by atoms with E-state index in [1.165, 1.54) is 0 Å². The third-order valence-electron chi connectivity index (χ3n) is 1.70. The predicted molar refractivity (Wildman–Crippen MR) is 59.3 cm³/mol. The van der Waals surface area contributed by atoms with Crippen molar-refractivity contribution >= 4 is 5.91 Å². The van der Waals surface area contributed by atoms with Crippen molar-refractivity contribution in [2.45, 2.75) is 32.9 Å². The van der Waals surface area contributed by atoms with E-state index in [1.54, 1.807) is 0 Å². The van der Waals surface area contributed by atoms with Gasteiger partial charge >= 0.3 is 0 Å². The largest absolute Gasteiger partial charge is 0.353 e. The number of likely N-dealkylation sites (N-methyl/N-ethyl adjacent to an activating group) is 1. The van der Waals surface area contributed by atoms with Crippen LogP contribution in [0, 0.1) is 0 Å². The summed E-state index contributed by atoms with van der Waals surface area (Å²) in [4.78, 5) is 13.4. The van der Waals surface area contributed by atoms with Gasteiger partial charge in [-0.25, -0.2) is 0 Å². The van der Waals surface area contributed by atoms with Crippen molar-refractivity contribution in [3.05, 3.63) is 0 Å². The van der Waals surface area contributed by atoms with Crippen LogP contribution in [0.5, 0.6) is 0 Å². The number of amides is 1. The summed E-state index contributed by atoms with van der Waals surface area (Å²) < 4.78 is 0. The Kier molecular flexibility index (Phi) is 6.49. The Labute approximate surface area is 87.0 Å². The van der Waals surface area contributed by atoms with Gasteiger partial charge in [0.1, 0.15) is 0 Å². The molecule has 0 saturated heterocycles. The van der Waals surface area contributed by atoms with Crippen LogP contribution in [-0.2, 0) is 4.79 Å². The topological polar surface area (TPSA) is 44.4 Å². The fourth-order valence-corrected chi connectivity index (χ4v) is 1.25. The number of hydrogen-bond acceptors (Lipinski definition) is 3. The average molecular weight is 201 g/mol. The van der Waals surface area contributed by atoms with Crippen molar-refractivity contribution in [1.29, 1.82) is 0 Å². The van der Waals surface area contributed by atoms with E-state index in [4.69, 9.17) is 0 Å². The molecular weight excluding hydrogens is 178 g/mol. The maximum atomic E-state index is 11.3. The third-order valence-corrected chi connectivity index (χ3v) is 1.70. The molecule has 0 radical (unpaired) electrons. The van der Waals surface area contributed by atoms with Crippen molar-refractivity contribution in [2.75, 3.05) is 27.2 Å². The molecule has 0 bridgehead atoms. The maximum absolute atomic E-state index is 11.3. The summed E-state index contributed by atoms with van der Waals surface area (Å²) in [7, 11) is 4.04. The Hall–Kier alpha value is -0.610. The summed E-state index contributed by atoms with van der Waals surface area (Å²) >= 11 is 0. The van der Waals surface area contributed by atoms with Crippen LogP contribution in [0.1, 0.15) is 20.8 Å². The Balaban J connectivity index is 3.56. The Morgan fingerprint density at radius 1 is 1.29 bits per heavy atom. The molecule has 2 N–H and O–H groups in total. The molecule has 0 saturated carbocycles. The molecule has 0 aromatic heterocycles. The molecule has 0 aliphatic rings. The van der Waals surface area contributed by atoms with Gasteiger partial charge in [0.05, 0.1) is 6.54 Å². The molecule has 0 fully saturated rings. The van der Waals surface area contributed by atoms with Crippen LogP contribution in [0.15, 0.2) is 0 Å². The van der Waals surface area contributed by atoms with Crippen molar-refractivity contribution in [3.63, 3.8) is 0 Å². The lowest BCUT2D eigenvalue weighted by Gasteiger charge is -2.18. The molecule has 0 aromatic carbocycles. The molecule has 14 heavy (non-hydrogen) atoms. The van der Waals surface area contributed by atoms with E-state index in [1.807, 2.05) is 27.9 Å². The molecule has 1 atom stereocenters. The second kappa shape index (κ2) is 6.79. The molecule has 0 aromatic rings. The summed E-state index contributed by atoms with van der Waals surface area (Å²) in [6.45, 7) is 7.33. The first kappa shape index (κ1) is 13.4. The van der Waals surface area contributed by atoms with Crippen molar-refractivity contribution in [1.82, 2.24) is 15.5 Å². The first-order valence-corrected chi connectivity index (χ1v) is 5.09. The highest BCUT2D eigenvalue weighted by Crippen LogP contribution is 1.84. The van der Waals surface area contributed by atoms with Gasteiger partial charge in [0.25, 0.3) is 0 Å². The van der Waals surface area contributed by atoms with Gasteiger partial charge in [0.15, 0.2) is 0 Å². The van der Waals surface area contributed by atoms with Gasteiger partial charge in [-0.15, -0.1) is 0 Å². The molecular formula is C10H23N3O. The summed E-state index contributed by atoms with van der Waals surface area (Å²) in [6.07, 6.45) is 0. The highest BCUT2D eigenvalue weighted by Gasteiger charge is 2.06. The SMILES string of the molecule is CC(C)NC(=O)CNC(C)CN(C)C. The molecule has 1 amide bonds. The normalized spacial score (nSPS) is 13.4. The standard InChI is InChI=1S/C10H23N3O/c1-8(2)12-10(14)6-11-9(3)7-13(4)5/h8-9,11H,6-7H2,1-5H3,(H,12,14). The van der Waals surface area contributed by atoms with Crippen molar-refractivity contribution < 1.29 is 4.79 Å². The lowest BCUT2D eigenvalue weighted by atomic mass is 10.3. The molecule has 0 rings (SSSR count). The molecule has 4 nitrogen and oxygen atoms in total. The van der Waals surface area contributed by atoms with Crippen LogP contribution in [0.3, 0.4) is 0 Å². The Morgan fingerprint density at radius 2 is 1.86 bits per heavy atom. The highest BCUT2D eigenvalue weighted by molar-refractivity contribution is 5.78. The summed E-state index contributed by atoms with van der Waals surface area (Å²) in [5.41, 5.74) is 0. The van der Waals surface area contributed by atoms with Crippen LogP contribution in [-0.4, -0.2) is 50.1 Å². The second-order valence-electron chi connectivity index (χ2n) is 4.27. The fourth-order valence-electron chi connectivity index (χ4n) is 1.25. The minimum absolute atomic E-state index is 0.0607. The van der Waals surface area contributed by atoms with Gasteiger partial charge in [-0.05, 0) is 34.9 Å². The third kappa shape index (κ3) is 8.01. The lowest BCUT2D eigenvalue weighted by Crippen LogP contribution is -2.43. The smallest absolute Gasteiger partial charge is 0.234 e. The molecule has 0 spiro atoms. The monoisotopic (exact) mass is 201 g/mol. The van der Waals surface area contributed by atoms with Gasteiger partial charge in [-0.1, -0.05) is 0 Å². The number of carbonyl (C=O) groups is 1. The van der Waals surface area contributed by atoms with Crippen LogP contribution >= 0.6 is 0 Å². The zero-order valence-corrected chi connectivity index (χ0v) is 9.92. The molecule has 84 valence electrons. The van der Waals surface area contributed by atoms with E-state index in [2.05, 4.69) is 22.5 Å². The first-order valence-electron chi connectivity index (χ1n) is 5.09. The number of nitrogens with zero attached hydrogens (tertiary/aromatic N) is 1. The molecule has 0 aliphatic heterocycles. The summed E-state index contributed by atoms with van der Waals surface area (Å²) in [6, 6.07) is 0.552. The minimum atomic E-state index is 0.0607. The fraction of sp³-hybridized carbons (Fsp3) is 0.900. The zero-order chi connectivity index (χ0) is 11.1. The number of hydrogen-bond donors (Lipinski definition) is 2. The van der Waals surface area contributed by atoms with Crippen LogP contribution in [0.4, 0.5) is 0 Å². The van der Waals surface area contributed by atoms with E-state index in [-0.39, 0.29) is 11.9 Å². The lowest BCUT2D eigenvalue weighted by molar-refractivity contribution is -0.120. The first-order chi connectivity index (χ1) is 6.41. The van der Waals surface area contributed by atoms with E-state index in [0.29, 0.717) is 12.6 Å². The number of carbonyl (C=O) groups excluding carboxylic acids is 1. The van der Waals surface area contributed by atoms with Gasteiger partial charge in [0, 0.05) is 18.6 Å². The highest BCUT2D eigenvalue weighted by atomic mass is 16.1. The van der Waals surface area contributed by atoms with E-state index in [9.17, 15) is 4.79 Å². The van der Waals surface area contributed by atoms with Gasteiger partial charge < -0.3 is 15.5 Å². The van der Waals surface area contributed by atoms with Gasteiger partial charge in [-0.3, -0.25) is 4.79 Å². The minimum Gasteiger partial charge on any atom is -0.353 e. The average Bonchev–Trinajstić information content (AvgIpc) is 1.98. The summed E-state index contributed by atoms with van der Waals surface area (Å²) in [5.74, 6) is 0.0607. The van der Waals surface area contributed by atoms with Crippen molar-refractivity contribution in [2.24, 2.45) is 0 Å². The maximum Gasteiger partial charge on any atom is 0.234 e. The second-order valence-corrected chi connectivity index (χ2v) is 4.27. The van der Waals surface area contributed by atoms with Crippen LogP contribution in [0.25, 0.3) is 0 Å². The molecule has 4 heteroatoms. The van der Waals surface area contributed by atoms with E-state index < -0.39 is 0 Å². The number of rotatable bonds is 6. The van der Waals surface area contributed by atoms with Gasteiger partial charge in [-0.2, -0.15) is 0 Å². The molecule has 1 unspecified atom stereocenters. The Bertz CT molecular complexity index is 169. The van der Waals surface area contributed by atoms with Crippen LogP contribution in [0.2, 0.25) is 0 Å². The van der Waals surface area contributed by atoms with E-state index in [0.717, 1.165) is 6.54 Å². The Morgan fingerprint density at radius 3 is 2.29 bits per heavy atom. The summed E-state index contributed by atoms with van der Waals surface area (Å²) in [5, 5.41) is 6.00. The molecule has 0 heterocycles.